The molecule has 0 spiro atoms. The fourth-order valence-corrected chi connectivity index (χ4v) is 3.28. The van der Waals surface area contributed by atoms with E-state index in [9.17, 15) is 14.0 Å². The van der Waals surface area contributed by atoms with E-state index in [0.29, 0.717) is 36.5 Å². The molecule has 0 atom stereocenters. The number of fused-ring (bicyclic) bond motifs is 1. The number of primary amides is 1. The van der Waals surface area contributed by atoms with Gasteiger partial charge in [0.1, 0.15) is 23.9 Å². The van der Waals surface area contributed by atoms with Crippen LogP contribution < -0.4 is 15.2 Å². The SMILES string of the molecule is Cc1cc2c(c(C)c1OCc1ccc(F)cc1)OCCC2=O.NC(=O)c1ccccc1. The predicted molar refractivity (Wildman–Crippen MR) is 116 cm³/mol. The van der Waals surface area contributed by atoms with E-state index in [4.69, 9.17) is 15.2 Å². The third-order valence-corrected chi connectivity index (χ3v) is 4.88. The summed E-state index contributed by atoms with van der Waals surface area (Å²) in [6, 6.07) is 16.8. The van der Waals surface area contributed by atoms with Gasteiger partial charge in [0.05, 0.1) is 12.2 Å². The summed E-state index contributed by atoms with van der Waals surface area (Å²) in [5.74, 6) is 0.804. The van der Waals surface area contributed by atoms with E-state index in [-0.39, 0.29) is 17.5 Å². The van der Waals surface area contributed by atoms with Gasteiger partial charge in [0.15, 0.2) is 5.78 Å². The Kier molecular flexibility index (Phi) is 7.03. The number of aryl methyl sites for hydroxylation is 1. The molecule has 0 bridgehead atoms. The highest BCUT2D eigenvalue weighted by Gasteiger charge is 2.24. The molecule has 0 aliphatic carbocycles. The van der Waals surface area contributed by atoms with Gasteiger partial charge in [-0.1, -0.05) is 30.3 Å². The van der Waals surface area contributed by atoms with Crippen LogP contribution in [0, 0.1) is 19.7 Å². The van der Waals surface area contributed by atoms with E-state index in [1.54, 1.807) is 36.4 Å². The minimum atomic E-state index is -0.379. The number of halogens is 1. The quantitative estimate of drug-likeness (QED) is 0.658. The molecule has 5 nitrogen and oxygen atoms in total. The molecule has 4 rings (SSSR count). The van der Waals surface area contributed by atoms with Gasteiger partial charge in [0.25, 0.3) is 0 Å². The number of hydrogen-bond acceptors (Lipinski definition) is 4. The highest BCUT2D eigenvalue weighted by Crippen LogP contribution is 2.37. The zero-order valence-electron chi connectivity index (χ0n) is 17.5. The van der Waals surface area contributed by atoms with Gasteiger partial charge >= 0.3 is 0 Å². The fraction of sp³-hybridized carbons (Fsp3) is 0.200. The van der Waals surface area contributed by atoms with Crippen LogP contribution in [0.2, 0.25) is 0 Å². The number of Topliss-reactive ketones (excluding diaryl/α,β-unsaturated/α-hetero) is 1. The number of ketones is 1. The molecule has 1 aliphatic heterocycles. The molecule has 0 unspecified atom stereocenters. The molecule has 3 aromatic carbocycles. The summed E-state index contributed by atoms with van der Waals surface area (Å²) < 4.78 is 24.4. The molecule has 31 heavy (non-hydrogen) atoms. The Hall–Kier alpha value is -3.67. The summed E-state index contributed by atoms with van der Waals surface area (Å²) >= 11 is 0. The average Bonchev–Trinajstić information content (AvgIpc) is 2.77. The highest BCUT2D eigenvalue weighted by atomic mass is 19.1. The van der Waals surface area contributed by atoms with Crippen LogP contribution in [0.5, 0.6) is 11.5 Å². The maximum Gasteiger partial charge on any atom is 0.248 e. The number of hydrogen-bond donors (Lipinski definition) is 1. The predicted octanol–water partition coefficient (Wildman–Crippen LogP) is 4.77. The van der Waals surface area contributed by atoms with Crippen molar-refractivity contribution in [3.8, 4) is 11.5 Å². The number of carbonyl (C=O) groups is 2. The van der Waals surface area contributed by atoms with Crippen molar-refractivity contribution in [2.75, 3.05) is 6.61 Å². The molecule has 0 aromatic heterocycles. The highest BCUT2D eigenvalue weighted by molar-refractivity contribution is 6.00. The van der Waals surface area contributed by atoms with Gasteiger partial charge in [-0.3, -0.25) is 9.59 Å². The molecule has 0 saturated heterocycles. The van der Waals surface area contributed by atoms with Crippen LogP contribution in [0.25, 0.3) is 0 Å². The molecule has 6 heteroatoms. The van der Waals surface area contributed by atoms with Crippen LogP contribution in [0.1, 0.15) is 43.8 Å². The minimum absolute atomic E-state index is 0.109. The molecule has 0 fully saturated rings. The van der Waals surface area contributed by atoms with Gasteiger partial charge in [-0.2, -0.15) is 0 Å². The van der Waals surface area contributed by atoms with Crippen LogP contribution in [0.4, 0.5) is 4.39 Å². The van der Waals surface area contributed by atoms with Crippen molar-refractivity contribution in [2.24, 2.45) is 5.73 Å². The van der Waals surface area contributed by atoms with Crippen molar-refractivity contribution in [1.82, 2.24) is 0 Å². The third kappa shape index (κ3) is 5.48. The Morgan fingerprint density at radius 3 is 2.39 bits per heavy atom. The Bertz CT molecular complexity index is 1080. The van der Waals surface area contributed by atoms with Crippen LogP contribution >= 0.6 is 0 Å². The fourth-order valence-electron chi connectivity index (χ4n) is 3.28. The average molecular weight is 421 g/mol. The zero-order valence-corrected chi connectivity index (χ0v) is 17.5. The van der Waals surface area contributed by atoms with Gasteiger partial charge in [-0.15, -0.1) is 0 Å². The maximum atomic E-state index is 12.9. The number of nitrogens with two attached hydrogens (primary N) is 1. The van der Waals surface area contributed by atoms with Crippen LogP contribution in [0.3, 0.4) is 0 Å². The van der Waals surface area contributed by atoms with E-state index >= 15 is 0 Å². The van der Waals surface area contributed by atoms with Crippen molar-refractivity contribution in [1.29, 1.82) is 0 Å². The molecule has 2 N–H and O–H groups in total. The first-order valence-corrected chi connectivity index (χ1v) is 9.89. The summed E-state index contributed by atoms with van der Waals surface area (Å²) in [5.41, 5.74) is 8.79. The largest absolute Gasteiger partial charge is 0.492 e. The molecule has 1 heterocycles. The Morgan fingerprint density at radius 2 is 1.77 bits per heavy atom. The first-order chi connectivity index (χ1) is 14.9. The second-order valence-corrected chi connectivity index (χ2v) is 7.19. The van der Waals surface area contributed by atoms with Gasteiger partial charge in [0, 0.05) is 17.5 Å². The van der Waals surface area contributed by atoms with Crippen LogP contribution in [-0.2, 0) is 6.61 Å². The van der Waals surface area contributed by atoms with Gasteiger partial charge in [0.2, 0.25) is 5.91 Å². The van der Waals surface area contributed by atoms with Crippen molar-refractivity contribution in [3.05, 3.63) is 94.3 Å². The van der Waals surface area contributed by atoms with Crippen molar-refractivity contribution >= 4 is 11.7 Å². The van der Waals surface area contributed by atoms with Gasteiger partial charge in [-0.05, 0) is 55.3 Å². The molecule has 160 valence electrons. The lowest BCUT2D eigenvalue weighted by atomic mass is 9.98. The Morgan fingerprint density at radius 1 is 1.10 bits per heavy atom. The first-order valence-electron chi connectivity index (χ1n) is 9.89. The number of rotatable bonds is 4. The smallest absolute Gasteiger partial charge is 0.248 e. The standard InChI is InChI=1S/C18H17FO3.C7H7NO/c1-11-9-15-16(20)7-8-21-18(15)12(2)17(11)22-10-13-3-5-14(19)6-4-13;8-7(9)6-4-2-1-3-5-6/h3-6,9H,7-8,10H2,1-2H3;1-5H,(H2,8,9). The van der Waals surface area contributed by atoms with Crippen molar-refractivity contribution in [2.45, 2.75) is 26.9 Å². The lowest BCUT2D eigenvalue weighted by Gasteiger charge is -2.22. The number of benzene rings is 3. The first kappa shape index (κ1) is 22.0. The van der Waals surface area contributed by atoms with E-state index in [1.165, 1.54) is 12.1 Å². The lowest BCUT2D eigenvalue weighted by molar-refractivity contribution is 0.0931. The summed E-state index contributed by atoms with van der Waals surface area (Å²) in [6.07, 6.45) is 0.418. The minimum Gasteiger partial charge on any atom is -0.492 e. The summed E-state index contributed by atoms with van der Waals surface area (Å²) in [5, 5.41) is 0. The van der Waals surface area contributed by atoms with E-state index < -0.39 is 0 Å². The second-order valence-electron chi connectivity index (χ2n) is 7.19. The Labute approximate surface area is 180 Å². The topological polar surface area (TPSA) is 78.6 Å². The second kappa shape index (κ2) is 9.89. The zero-order chi connectivity index (χ0) is 22.4. The number of ether oxygens (including phenoxy) is 2. The van der Waals surface area contributed by atoms with E-state index in [0.717, 1.165) is 22.4 Å². The maximum absolute atomic E-state index is 12.9. The normalized spacial score (nSPS) is 12.2. The van der Waals surface area contributed by atoms with Crippen molar-refractivity contribution in [3.63, 3.8) is 0 Å². The monoisotopic (exact) mass is 421 g/mol. The lowest BCUT2D eigenvalue weighted by Crippen LogP contribution is -2.17. The molecule has 1 amide bonds. The molecular formula is C25H24FNO4. The Balaban J connectivity index is 0.000000254. The molecule has 1 aliphatic rings. The molecular weight excluding hydrogens is 397 g/mol. The summed E-state index contributed by atoms with van der Waals surface area (Å²) in [7, 11) is 0. The van der Waals surface area contributed by atoms with E-state index in [1.807, 2.05) is 26.0 Å². The number of carbonyl (C=O) groups excluding carboxylic acids is 2. The van der Waals surface area contributed by atoms with Crippen LogP contribution in [0.15, 0.2) is 60.7 Å². The van der Waals surface area contributed by atoms with E-state index in [2.05, 4.69) is 0 Å². The van der Waals surface area contributed by atoms with Gasteiger partial charge < -0.3 is 15.2 Å². The molecule has 0 radical (unpaired) electrons. The molecule has 0 saturated carbocycles. The third-order valence-electron chi connectivity index (χ3n) is 4.88. The molecule has 3 aromatic rings. The van der Waals surface area contributed by atoms with Crippen LogP contribution in [-0.4, -0.2) is 18.3 Å². The summed E-state index contributed by atoms with van der Waals surface area (Å²) in [6.45, 7) is 4.56. The van der Waals surface area contributed by atoms with Gasteiger partial charge in [-0.25, -0.2) is 4.39 Å². The summed E-state index contributed by atoms with van der Waals surface area (Å²) in [4.78, 5) is 22.4. The number of amides is 1. The van der Waals surface area contributed by atoms with Crippen molar-refractivity contribution < 1.29 is 23.5 Å².